The minimum atomic E-state index is -0.312. The monoisotopic (exact) mass is 410 g/mol. The maximum Gasteiger partial charge on any atom is 0.266 e. The summed E-state index contributed by atoms with van der Waals surface area (Å²) in [5, 5.41) is 9.04. The number of carbonyl (C=O) groups is 2. The summed E-state index contributed by atoms with van der Waals surface area (Å²) in [7, 11) is 3.09. The quantitative estimate of drug-likeness (QED) is 0.517. The van der Waals surface area contributed by atoms with Gasteiger partial charge in [0.2, 0.25) is 5.91 Å². The molecule has 0 saturated carbocycles. The van der Waals surface area contributed by atoms with Gasteiger partial charge in [0.1, 0.15) is 10.9 Å². The van der Waals surface area contributed by atoms with Gasteiger partial charge >= 0.3 is 0 Å². The Labute approximate surface area is 167 Å². The number of carbonyl (C=O) groups excluding carboxylic acids is 2. The van der Waals surface area contributed by atoms with Gasteiger partial charge in [-0.05, 0) is 30.7 Å². The highest BCUT2D eigenvalue weighted by Gasteiger charge is 2.34. The molecule has 1 heterocycles. The number of methoxy groups -OCH3 is 2. The molecule has 7 nitrogen and oxygen atoms in total. The Morgan fingerprint density at radius 1 is 1.33 bits per heavy atom. The number of thiocarbonyl (C=S) groups is 1. The highest BCUT2D eigenvalue weighted by molar-refractivity contribution is 8.26. The minimum absolute atomic E-state index is 0.128. The van der Waals surface area contributed by atoms with Crippen LogP contribution < -0.4 is 9.47 Å². The molecule has 0 spiro atoms. The molecule has 1 aliphatic rings. The van der Waals surface area contributed by atoms with Crippen LogP contribution in [0.4, 0.5) is 0 Å². The molecule has 2 rings (SSSR count). The molecule has 1 fully saturated rings. The van der Waals surface area contributed by atoms with E-state index in [1.807, 2.05) is 6.92 Å². The van der Waals surface area contributed by atoms with Crippen LogP contribution in [0.15, 0.2) is 23.1 Å². The first-order valence-corrected chi connectivity index (χ1v) is 9.53. The third-order valence-corrected chi connectivity index (χ3v) is 5.35. The lowest BCUT2D eigenvalue weighted by Gasteiger charge is -2.22. The van der Waals surface area contributed by atoms with Crippen LogP contribution in [0, 0.1) is 0 Å². The van der Waals surface area contributed by atoms with E-state index < -0.39 is 0 Å². The number of likely N-dealkylation sites (N-methyl/N-ethyl adjacent to an activating group) is 1. The molecule has 1 aromatic carbocycles. The second-order valence-electron chi connectivity index (χ2n) is 5.58. The number of hydrogen-bond acceptors (Lipinski definition) is 7. The third kappa shape index (κ3) is 5.00. The van der Waals surface area contributed by atoms with Crippen molar-refractivity contribution < 1.29 is 24.2 Å². The Kier molecular flexibility index (Phi) is 7.64. The van der Waals surface area contributed by atoms with Gasteiger partial charge in [0.25, 0.3) is 5.91 Å². The Balaban J connectivity index is 2.17. The van der Waals surface area contributed by atoms with Crippen molar-refractivity contribution in [3.05, 3.63) is 28.7 Å². The van der Waals surface area contributed by atoms with Gasteiger partial charge in [-0.1, -0.05) is 30.0 Å². The standard InChI is InChI=1S/C18H22N2O5S2/c1-4-19(7-8-21)16(22)11-20-17(23)15(27-18(20)26)10-12-5-6-13(24-2)14(9-12)25-3/h5-6,9-10,21H,4,7-8,11H2,1-3H3/b15-10-. The maximum atomic E-state index is 12.7. The van der Waals surface area contributed by atoms with Crippen LogP contribution in [0.25, 0.3) is 6.08 Å². The number of rotatable bonds is 8. The average Bonchev–Trinajstić information content (AvgIpc) is 2.93. The fraction of sp³-hybridized carbons (Fsp3) is 0.389. The molecule has 1 saturated heterocycles. The van der Waals surface area contributed by atoms with Crippen molar-refractivity contribution in [1.82, 2.24) is 9.80 Å². The van der Waals surface area contributed by atoms with Crippen molar-refractivity contribution in [3.63, 3.8) is 0 Å². The van der Waals surface area contributed by atoms with Crippen LogP contribution in [0.3, 0.4) is 0 Å². The highest BCUT2D eigenvalue weighted by Crippen LogP contribution is 2.34. The number of hydrogen-bond donors (Lipinski definition) is 1. The van der Waals surface area contributed by atoms with Gasteiger partial charge in [-0.3, -0.25) is 14.5 Å². The van der Waals surface area contributed by atoms with E-state index in [1.54, 1.807) is 38.5 Å². The Bertz CT molecular complexity index is 766. The van der Waals surface area contributed by atoms with E-state index in [1.165, 1.54) is 9.80 Å². The van der Waals surface area contributed by atoms with Gasteiger partial charge in [-0.15, -0.1) is 0 Å². The fourth-order valence-electron chi connectivity index (χ4n) is 2.55. The normalized spacial score (nSPS) is 15.4. The third-order valence-electron chi connectivity index (χ3n) is 3.98. The minimum Gasteiger partial charge on any atom is -0.493 e. The molecule has 0 aliphatic carbocycles. The summed E-state index contributed by atoms with van der Waals surface area (Å²) in [6, 6.07) is 5.32. The predicted molar refractivity (Wildman–Crippen MR) is 109 cm³/mol. The summed E-state index contributed by atoms with van der Waals surface area (Å²) in [6.07, 6.45) is 1.71. The van der Waals surface area contributed by atoms with E-state index in [2.05, 4.69) is 0 Å². The van der Waals surface area contributed by atoms with Gasteiger partial charge < -0.3 is 19.5 Å². The number of aliphatic hydroxyl groups excluding tert-OH is 1. The van der Waals surface area contributed by atoms with Crippen LogP contribution >= 0.6 is 24.0 Å². The second-order valence-corrected chi connectivity index (χ2v) is 7.26. The predicted octanol–water partition coefficient (Wildman–Crippen LogP) is 1.75. The number of amides is 2. The molecular weight excluding hydrogens is 388 g/mol. The van der Waals surface area contributed by atoms with Crippen LogP contribution in [-0.2, 0) is 9.59 Å². The molecule has 146 valence electrons. The van der Waals surface area contributed by atoms with Gasteiger partial charge in [0.05, 0.1) is 25.7 Å². The van der Waals surface area contributed by atoms with Crippen molar-refractivity contribution in [3.8, 4) is 11.5 Å². The molecule has 1 N–H and O–H groups in total. The largest absolute Gasteiger partial charge is 0.493 e. The summed E-state index contributed by atoms with van der Waals surface area (Å²) in [5.41, 5.74) is 0.759. The van der Waals surface area contributed by atoms with Gasteiger partial charge in [0, 0.05) is 13.1 Å². The number of nitrogens with zero attached hydrogens (tertiary/aromatic N) is 2. The van der Waals surface area contributed by atoms with E-state index >= 15 is 0 Å². The van der Waals surface area contributed by atoms with Crippen molar-refractivity contribution in [2.75, 3.05) is 40.5 Å². The van der Waals surface area contributed by atoms with E-state index in [4.69, 9.17) is 26.8 Å². The Hall–Kier alpha value is -2.10. The van der Waals surface area contributed by atoms with E-state index in [-0.39, 0.29) is 31.5 Å². The highest BCUT2D eigenvalue weighted by atomic mass is 32.2. The van der Waals surface area contributed by atoms with E-state index in [9.17, 15) is 9.59 Å². The van der Waals surface area contributed by atoms with Crippen LogP contribution in [0.5, 0.6) is 11.5 Å². The number of thioether (sulfide) groups is 1. The van der Waals surface area contributed by atoms with Crippen molar-refractivity contribution in [1.29, 1.82) is 0 Å². The molecule has 1 aromatic rings. The molecule has 2 amide bonds. The lowest BCUT2D eigenvalue weighted by molar-refractivity contribution is -0.135. The zero-order chi connectivity index (χ0) is 20.0. The fourth-order valence-corrected chi connectivity index (χ4v) is 3.80. The average molecular weight is 411 g/mol. The van der Waals surface area contributed by atoms with Gasteiger partial charge in [-0.2, -0.15) is 0 Å². The van der Waals surface area contributed by atoms with Gasteiger partial charge in [0.15, 0.2) is 11.5 Å². The number of benzene rings is 1. The molecule has 0 atom stereocenters. The van der Waals surface area contributed by atoms with Gasteiger partial charge in [-0.25, -0.2) is 0 Å². The SMILES string of the molecule is CCN(CCO)C(=O)CN1C(=O)/C(=C/c2ccc(OC)c(OC)c2)SC1=S. The van der Waals surface area contributed by atoms with Crippen LogP contribution in [0.1, 0.15) is 12.5 Å². The summed E-state index contributed by atoms with van der Waals surface area (Å²) in [6.45, 7) is 2.23. The summed E-state index contributed by atoms with van der Waals surface area (Å²) in [5.74, 6) is 0.583. The first kappa shape index (κ1) is 21.2. The lowest BCUT2D eigenvalue weighted by atomic mass is 10.2. The number of ether oxygens (including phenoxy) is 2. The summed E-state index contributed by atoms with van der Waals surface area (Å²) >= 11 is 6.42. The zero-order valence-corrected chi connectivity index (χ0v) is 17.1. The molecule has 27 heavy (non-hydrogen) atoms. The van der Waals surface area contributed by atoms with E-state index in [0.29, 0.717) is 27.3 Å². The first-order valence-electron chi connectivity index (χ1n) is 8.31. The lowest BCUT2D eigenvalue weighted by Crippen LogP contribution is -2.43. The Morgan fingerprint density at radius 3 is 2.63 bits per heavy atom. The second kappa shape index (κ2) is 9.72. The number of aliphatic hydroxyl groups is 1. The smallest absolute Gasteiger partial charge is 0.266 e. The molecule has 0 unspecified atom stereocenters. The van der Waals surface area contributed by atoms with Crippen molar-refractivity contribution in [2.45, 2.75) is 6.92 Å². The summed E-state index contributed by atoms with van der Waals surface area (Å²) in [4.78, 5) is 28.2. The zero-order valence-electron chi connectivity index (χ0n) is 15.4. The van der Waals surface area contributed by atoms with Crippen LogP contribution in [0.2, 0.25) is 0 Å². The van der Waals surface area contributed by atoms with Crippen molar-refractivity contribution in [2.24, 2.45) is 0 Å². The molecule has 9 heteroatoms. The van der Waals surface area contributed by atoms with E-state index in [0.717, 1.165) is 17.3 Å². The molecule has 0 aromatic heterocycles. The summed E-state index contributed by atoms with van der Waals surface area (Å²) < 4.78 is 10.8. The molecule has 0 bridgehead atoms. The topological polar surface area (TPSA) is 79.3 Å². The van der Waals surface area contributed by atoms with Crippen LogP contribution in [-0.4, -0.2) is 71.5 Å². The maximum absolute atomic E-state index is 12.7. The molecule has 0 radical (unpaired) electrons. The first-order chi connectivity index (χ1) is 12.9. The van der Waals surface area contributed by atoms with Crippen molar-refractivity contribution >= 4 is 46.2 Å². The Morgan fingerprint density at radius 2 is 2.04 bits per heavy atom. The molecule has 1 aliphatic heterocycles. The molecular formula is C18H22N2O5S2.